The molecule has 2 aromatic heterocycles. The lowest BCUT2D eigenvalue weighted by Crippen LogP contribution is -2.41. The Morgan fingerprint density at radius 1 is 1.15 bits per heavy atom. The Kier molecular flexibility index (Phi) is 7.19. The number of hydrogen-bond acceptors (Lipinski definition) is 6. The summed E-state index contributed by atoms with van der Waals surface area (Å²) in [6, 6.07) is 13.3. The van der Waals surface area contributed by atoms with Gasteiger partial charge in [0.15, 0.2) is 0 Å². The molecule has 170 valence electrons. The Morgan fingerprint density at radius 3 is 2.70 bits per heavy atom. The Hall–Kier alpha value is -3.46. The number of benzene rings is 1. The van der Waals surface area contributed by atoms with Gasteiger partial charge >= 0.3 is 0 Å². The van der Waals surface area contributed by atoms with Gasteiger partial charge in [0, 0.05) is 25.0 Å². The summed E-state index contributed by atoms with van der Waals surface area (Å²) in [6.07, 6.45) is 4.92. The van der Waals surface area contributed by atoms with Crippen LogP contribution in [-0.4, -0.2) is 34.9 Å². The molecule has 1 fully saturated rings. The number of anilines is 2. The lowest BCUT2D eigenvalue weighted by atomic mass is 9.97. The first-order chi connectivity index (χ1) is 16.0. The first-order valence-electron chi connectivity index (χ1n) is 10.6. The van der Waals surface area contributed by atoms with Crippen LogP contribution in [-0.2, 0) is 10.5 Å². The predicted octanol–water partition coefficient (Wildman–Crippen LogP) is 3.86. The van der Waals surface area contributed by atoms with Crippen LogP contribution in [0.4, 0.5) is 15.9 Å². The molecule has 33 heavy (non-hydrogen) atoms. The minimum absolute atomic E-state index is 0.170. The summed E-state index contributed by atoms with van der Waals surface area (Å²) < 4.78 is 13.1. The number of hydrogen-bond donors (Lipinski definition) is 2. The predicted molar refractivity (Wildman–Crippen MR) is 127 cm³/mol. The van der Waals surface area contributed by atoms with E-state index in [-0.39, 0.29) is 23.5 Å². The number of nitrogens with zero attached hydrogens (tertiary/aromatic N) is 3. The van der Waals surface area contributed by atoms with Crippen LogP contribution in [0.5, 0.6) is 0 Å². The number of rotatable bonds is 7. The van der Waals surface area contributed by atoms with Crippen LogP contribution in [0.25, 0.3) is 0 Å². The molecule has 2 amide bonds. The highest BCUT2D eigenvalue weighted by atomic mass is 32.2. The number of thioether (sulfide) groups is 1. The van der Waals surface area contributed by atoms with E-state index in [4.69, 9.17) is 5.73 Å². The molecule has 0 saturated carbocycles. The van der Waals surface area contributed by atoms with Crippen molar-refractivity contribution >= 4 is 35.1 Å². The second-order valence-corrected chi connectivity index (χ2v) is 8.78. The van der Waals surface area contributed by atoms with Gasteiger partial charge in [0.05, 0.1) is 23.4 Å². The zero-order valence-electron chi connectivity index (χ0n) is 17.9. The summed E-state index contributed by atoms with van der Waals surface area (Å²) in [6.45, 7) is 1.37. The minimum atomic E-state index is -0.286. The first-order valence-corrected chi connectivity index (χ1v) is 11.6. The molecule has 4 rings (SSSR count). The lowest BCUT2D eigenvalue weighted by molar-refractivity contribution is -0.122. The Labute approximate surface area is 195 Å². The quantitative estimate of drug-likeness (QED) is 0.514. The number of carbonyl (C=O) groups is 2. The summed E-state index contributed by atoms with van der Waals surface area (Å²) in [5.41, 5.74) is 7.41. The molecule has 3 aromatic rings. The monoisotopic (exact) mass is 465 g/mol. The smallest absolute Gasteiger partial charge is 0.258 e. The van der Waals surface area contributed by atoms with Gasteiger partial charge in [-0.15, -0.1) is 11.8 Å². The molecule has 1 saturated heterocycles. The molecule has 1 aliphatic rings. The highest BCUT2D eigenvalue weighted by Crippen LogP contribution is 2.26. The molecule has 0 aliphatic carbocycles. The van der Waals surface area contributed by atoms with E-state index in [1.165, 1.54) is 23.9 Å². The molecular weight excluding hydrogens is 441 g/mol. The standard InChI is InChI=1S/C24H24FN5O2S/c25-18-7-5-16(6-8-18)15-33-24-20(4-1-11-27-24)23(32)29-19-9-10-21(28-13-19)30-12-2-3-17(14-30)22(26)31/h1,4-11,13,17H,2-3,12,14-15H2,(H2,26,31)(H,29,32). The maximum atomic E-state index is 13.1. The average molecular weight is 466 g/mol. The normalized spacial score (nSPS) is 15.8. The highest BCUT2D eigenvalue weighted by Gasteiger charge is 2.24. The minimum Gasteiger partial charge on any atom is -0.369 e. The van der Waals surface area contributed by atoms with Crippen molar-refractivity contribution in [2.45, 2.75) is 23.6 Å². The number of halogens is 1. The van der Waals surface area contributed by atoms with Gasteiger partial charge in [-0.3, -0.25) is 9.59 Å². The van der Waals surface area contributed by atoms with Gasteiger partial charge in [-0.2, -0.15) is 0 Å². The second-order valence-electron chi connectivity index (χ2n) is 7.82. The molecule has 3 N–H and O–H groups in total. The Morgan fingerprint density at radius 2 is 1.97 bits per heavy atom. The van der Waals surface area contributed by atoms with Crippen LogP contribution >= 0.6 is 11.8 Å². The number of nitrogens with one attached hydrogen (secondary N) is 1. The molecule has 0 bridgehead atoms. The lowest BCUT2D eigenvalue weighted by Gasteiger charge is -2.32. The van der Waals surface area contributed by atoms with E-state index in [9.17, 15) is 14.0 Å². The highest BCUT2D eigenvalue weighted by molar-refractivity contribution is 7.98. The zero-order valence-corrected chi connectivity index (χ0v) is 18.7. The van der Waals surface area contributed by atoms with Gasteiger partial charge in [0.1, 0.15) is 16.7 Å². The fourth-order valence-corrected chi connectivity index (χ4v) is 4.62. The van der Waals surface area contributed by atoms with E-state index < -0.39 is 0 Å². The van der Waals surface area contributed by atoms with E-state index in [1.807, 2.05) is 11.0 Å². The summed E-state index contributed by atoms with van der Waals surface area (Å²) in [7, 11) is 0. The third-order valence-electron chi connectivity index (χ3n) is 5.46. The summed E-state index contributed by atoms with van der Waals surface area (Å²) in [4.78, 5) is 35.2. The van der Waals surface area contributed by atoms with Crippen LogP contribution in [0, 0.1) is 11.7 Å². The number of aromatic nitrogens is 2. The van der Waals surface area contributed by atoms with Crippen molar-refractivity contribution in [2.24, 2.45) is 11.7 Å². The van der Waals surface area contributed by atoms with Crippen LogP contribution in [0.3, 0.4) is 0 Å². The van der Waals surface area contributed by atoms with Crippen molar-refractivity contribution in [3.05, 3.63) is 77.9 Å². The van der Waals surface area contributed by atoms with Gasteiger partial charge in [-0.25, -0.2) is 14.4 Å². The van der Waals surface area contributed by atoms with Crippen LogP contribution in [0.1, 0.15) is 28.8 Å². The first kappa shape index (κ1) is 22.7. The number of nitrogens with two attached hydrogens (primary N) is 1. The van der Waals surface area contributed by atoms with E-state index in [0.29, 0.717) is 28.6 Å². The molecule has 0 spiro atoms. The third-order valence-corrected chi connectivity index (χ3v) is 6.53. The number of primary amides is 1. The van der Waals surface area contributed by atoms with Gasteiger partial charge in [0.25, 0.3) is 5.91 Å². The van der Waals surface area contributed by atoms with Crippen molar-refractivity contribution in [1.82, 2.24) is 9.97 Å². The molecular formula is C24H24FN5O2S. The van der Waals surface area contributed by atoms with Crippen molar-refractivity contribution in [3.63, 3.8) is 0 Å². The third kappa shape index (κ3) is 5.87. The van der Waals surface area contributed by atoms with E-state index >= 15 is 0 Å². The topological polar surface area (TPSA) is 101 Å². The Balaban J connectivity index is 1.40. The molecule has 3 heterocycles. The number of amides is 2. The molecule has 1 aliphatic heterocycles. The second kappa shape index (κ2) is 10.4. The molecule has 1 unspecified atom stereocenters. The van der Waals surface area contributed by atoms with Gasteiger partial charge in [-0.1, -0.05) is 12.1 Å². The SMILES string of the molecule is NC(=O)C1CCCN(c2ccc(NC(=O)c3cccnc3SCc3ccc(F)cc3)cn2)C1. The number of carbonyl (C=O) groups excluding carboxylic acids is 2. The summed E-state index contributed by atoms with van der Waals surface area (Å²) in [5.74, 6) is 0.288. The van der Waals surface area contributed by atoms with E-state index in [0.717, 1.165) is 30.8 Å². The maximum Gasteiger partial charge on any atom is 0.258 e. The summed E-state index contributed by atoms with van der Waals surface area (Å²) in [5, 5.41) is 3.46. The molecule has 9 heteroatoms. The molecule has 1 aromatic carbocycles. The van der Waals surface area contributed by atoms with E-state index in [1.54, 1.807) is 42.7 Å². The van der Waals surface area contributed by atoms with Gasteiger partial charge < -0.3 is 16.0 Å². The van der Waals surface area contributed by atoms with Crippen molar-refractivity contribution in [2.75, 3.05) is 23.3 Å². The largest absolute Gasteiger partial charge is 0.369 e. The fourth-order valence-electron chi connectivity index (χ4n) is 3.67. The molecule has 7 nitrogen and oxygen atoms in total. The number of pyridine rings is 2. The zero-order chi connectivity index (χ0) is 23.2. The fraction of sp³-hybridized carbons (Fsp3) is 0.250. The Bertz CT molecular complexity index is 1120. The van der Waals surface area contributed by atoms with Crippen LogP contribution in [0.2, 0.25) is 0 Å². The van der Waals surface area contributed by atoms with Crippen LogP contribution < -0.4 is 16.0 Å². The summed E-state index contributed by atoms with van der Waals surface area (Å²) >= 11 is 1.41. The van der Waals surface area contributed by atoms with Crippen molar-refractivity contribution < 1.29 is 14.0 Å². The van der Waals surface area contributed by atoms with Crippen molar-refractivity contribution in [3.8, 4) is 0 Å². The molecule has 1 atom stereocenters. The molecule has 0 radical (unpaired) electrons. The van der Waals surface area contributed by atoms with E-state index in [2.05, 4.69) is 15.3 Å². The van der Waals surface area contributed by atoms with Gasteiger partial charge in [0.2, 0.25) is 5.91 Å². The van der Waals surface area contributed by atoms with Crippen molar-refractivity contribution in [1.29, 1.82) is 0 Å². The van der Waals surface area contributed by atoms with Gasteiger partial charge in [-0.05, 0) is 54.8 Å². The maximum absolute atomic E-state index is 13.1. The average Bonchev–Trinajstić information content (AvgIpc) is 2.84. The number of piperidine rings is 1. The van der Waals surface area contributed by atoms with Crippen LogP contribution in [0.15, 0.2) is 66.0 Å².